The number of hydrogen-bond donors (Lipinski definition) is 5. The Balaban J connectivity index is 1.27. The van der Waals surface area contributed by atoms with E-state index in [4.69, 9.17) is 21.7 Å². The molecule has 198 valence electrons. The van der Waals surface area contributed by atoms with Crippen LogP contribution in [0.5, 0.6) is 11.5 Å². The van der Waals surface area contributed by atoms with Gasteiger partial charge in [-0.2, -0.15) is 0 Å². The van der Waals surface area contributed by atoms with Gasteiger partial charge in [-0.15, -0.1) is 0 Å². The number of aromatic amines is 1. The Hall–Kier alpha value is -3.58. The first kappa shape index (κ1) is 26.5. The fourth-order valence-corrected chi connectivity index (χ4v) is 5.38. The van der Waals surface area contributed by atoms with E-state index < -0.39 is 10.0 Å². The molecule has 0 aliphatic heterocycles. The van der Waals surface area contributed by atoms with Crippen molar-refractivity contribution in [3.8, 4) is 11.5 Å². The summed E-state index contributed by atoms with van der Waals surface area (Å²) < 4.78 is 37.6. The molecule has 1 aromatic carbocycles. The monoisotopic (exact) mass is 545 g/mol. The van der Waals surface area contributed by atoms with Gasteiger partial charge in [0.1, 0.15) is 17.8 Å². The van der Waals surface area contributed by atoms with E-state index in [2.05, 4.69) is 35.6 Å². The van der Waals surface area contributed by atoms with Gasteiger partial charge in [0.05, 0.1) is 30.4 Å². The summed E-state index contributed by atoms with van der Waals surface area (Å²) in [6, 6.07) is 3.78. The van der Waals surface area contributed by atoms with Crippen LogP contribution < -0.4 is 30.1 Å². The first-order valence-electron chi connectivity index (χ1n) is 11.8. The van der Waals surface area contributed by atoms with E-state index >= 15 is 0 Å². The van der Waals surface area contributed by atoms with Gasteiger partial charge in [0.2, 0.25) is 10.0 Å². The second-order valence-electron chi connectivity index (χ2n) is 8.38. The number of nitrogens with one attached hydrogen (secondary N) is 5. The number of methoxy groups -OCH3 is 2. The summed E-state index contributed by atoms with van der Waals surface area (Å²) in [6.45, 7) is 3.36. The third-order valence-corrected chi connectivity index (χ3v) is 7.97. The lowest BCUT2D eigenvalue weighted by Crippen LogP contribution is -2.37. The quantitative estimate of drug-likeness (QED) is 0.131. The van der Waals surface area contributed by atoms with Crippen LogP contribution in [0.1, 0.15) is 19.8 Å². The fourth-order valence-electron chi connectivity index (χ4n) is 3.76. The summed E-state index contributed by atoms with van der Waals surface area (Å²) in [5.74, 6) is 1.95. The summed E-state index contributed by atoms with van der Waals surface area (Å²) in [4.78, 5) is 12.1. The molecule has 13 heteroatoms. The number of ether oxygens (including phenoxy) is 2. The third kappa shape index (κ3) is 6.41. The highest BCUT2D eigenvalue weighted by atomic mass is 32.2. The number of fused-ring (bicyclic) bond motifs is 3. The Morgan fingerprint density at radius 2 is 1.92 bits per heavy atom. The van der Waals surface area contributed by atoms with E-state index in [1.807, 2.05) is 18.2 Å². The molecule has 1 saturated carbocycles. The molecule has 1 aliphatic carbocycles. The summed E-state index contributed by atoms with van der Waals surface area (Å²) in [5, 5.41) is 11.6. The predicted molar refractivity (Wildman–Crippen MR) is 150 cm³/mol. The summed E-state index contributed by atoms with van der Waals surface area (Å²) in [5.41, 5.74) is 2.12. The number of sulfonamides is 1. The van der Waals surface area contributed by atoms with Crippen LogP contribution in [-0.4, -0.2) is 67.6 Å². The average molecular weight is 546 g/mol. The summed E-state index contributed by atoms with van der Waals surface area (Å²) in [6.07, 6.45) is 8.21. The van der Waals surface area contributed by atoms with Crippen LogP contribution >= 0.6 is 12.2 Å². The zero-order valence-corrected chi connectivity index (χ0v) is 22.6. The van der Waals surface area contributed by atoms with Crippen molar-refractivity contribution >= 4 is 55.1 Å². The standard InChI is InChI=1S/C24H31N7O4S2/c1-4-15(31-37(32,33)16-7-8-16)6-5-9-26-24(36)27-11-10-25-22-21-17-12-19(34-2)20(35-3)13-18(17)30-23(21)29-14-28-22/h4-6,12-14,16,31H,7-11H2,1-3H3,(H2,26,27,36)(H2,25,28,29,30)/b6-5-,15-4+. The van der Waals surface area contributed by atoms with Crippen LogP contribution in [0.4, 0.5) is 5.82 Å². The third-order valence-electron chi connectivity index (χ3n) is 5.81. The van der Waals surface area contributed by atoms with Crippen LogP contribution in [0.15, 0.2) is 42.4 Å². The predicted octanol–water partition coefficient (Wildman–Crippen LogP) is 2.55. The number of aromatic nitrogens is 3. The number of hydrogen-bond acceptors (Lipinski definition) is 8. The Kier molecular flexibility index (Phi) is 8.34. The van der Waals surface area contributed by atoms with E-state index in [-0.39, 0.29) is 5.25 Å². The first-order chi connectivity index (χ1) is 17.9. The van der Waals surface area contributed by atoms with Crippen molar-refractivity contribution in [2.45, 2.75) is 25.0 Å². The van der Waals surface area contributed by atoms with Crippen molar-refractivity contribution in [2.24, 2.45) is 0 Å². The number of thiocarbonyl (C=S) groups is 1. The molecule has 0 spiro atoms. The van der Waals surface area contributed by atoms with Gasteiger partial charge in [-0.3, -0.25) is 4.72 Å². The van der Waals surface area contributed by atoms with E-state index in [1.54, 1.807) is 33.3 Å². The van der Waals surface area contributed by atoms with E-state index in [9.17, 15) is 8.42 Å². The molecule has 0 bridgehead atoms. The highest BCUT2D eigenvalue weighted by Gasteiger charge is 2.35. The van der Waals surface area contributed by atoms with Crippen LogP contribution in [0.3, 0.4) is 0 Å². The number of benzene rings is 1. The van der Waals surface area contributed by atoms with Crippen LogP contribution in [0, 0.1) is 0 Å². The Labute approximate surface area is 221 Å². The molecule has 0 atom stereocenters. The summed E-state index contributed by atoms with van der Waals surface area (Å²) in [7, 11) is -0.0788. The molecule has 5 N–H and O–H groups in total. The van der Waals surface area contributed by atoms with Crippen molar-refractivity contribution in [3.05, 3.63) is 42.4 Å². The van der Waals surface area contributed by atoms with E-state index in [1.165, 1.54) is 6.33 Å². The molecular weight excluding hydrogens is 514 g/mol. The number of nitrogens with zero attached hydrogens (tertiary/aromatic N) is 2. The molecule has 0 amide bonds. The molecule has 4 rings (SSSR count). The lowest BCUT2D eigenvalue weighted by Gasteiger charge is -2.11. The van der Waals surface area contributed by atoms with Crippen LogP contribution in [0.25, 0.3) is 21.9 Å². The average Bonchev–Trinajstić information content (AvgIpc) is 3.69. The smallest absolute Gasteiger partial charge is 0.235 e. The fraction of sp³-hybridized carbons (Fsp3) is 0.375. The maximum absolute atomic E-state index is 12.1. The molecule has 1 aliphatic rings. The van der Waals surface area contributed by atoms with Crippen molar-refractivity contribution in [3.63, 3.8) is 0 Å². The highest BCUT2D eigenvalue weighted by molar-refractivity contribution is 7.90. The number of rotatable bonds is 12. The summed E-state index contributed by atoms with van der Waals surface area (Å²) >= 11 is 5.33. The molecule has 11 nitrogen and oxygen atoms in total. The Morgan fingerprint density at radius 3 is 2.62 bits per heavy atom. The van der Waals surface area contributed by atoms with Crippen LogP contribution in [-0.2, 0) is 10.0 Å². The minimum Gasteiger partial charge on any atom is -0.493 e. The second kappa shape index (κ2) is 11.6. The molecule has 2 heterocycles. The molecule has 1 fully saturated rings. The van der Waals surface area contributed by atoms with Gasteiger partial charge in [0.15, 0.2) is 16.6 Å². The van der Waals surface area contributed by atoms with Crippen molar-refractivity contribution < 1.29 is 17.9 Å². The maximum Gasteiger partial charge on any atom is 0.235 e. The molecule has 3 aromatic rings. The van der Waals surface area contributed by atoms with Gasteiger partial charge in [-0.05, 0) is 44.1 Å². The minimum absolute atomic E-state index is 0.264. The van der Waals surface area contributed by atoms with E-state index in [0.717, 1.165) is 29.1 Å². The SMILES string of the molecule is C/C=C(\C=C/CNC(=S)NCCNc1ncnc2[nH]c3cc(OC)c(OC)cc3c12)NS(=O)(=O)C1CC1. The number of H-pyrrole nitrogens is 1. The second-order valence-corrected chi connectivity index (χ2v) is 10.7. The van der Waals surface area contributed by atoms with E-state index in [0.29, 0.717) is 53.4 Å². The minimum atomic E-state index is -3.28. The molecule has 37 heavy (non-hydrogen) atoms. The van der Waals surface area contributed by atoms with Gasteiger partial charge in [-0.25, -0.2) is 18.4 Å². The largest absolute Gasteiger partial charge is 0.493 e. The van der Waals surface area contributed by atoms with Gasteiger partial charge in [0, 0.05) is 36.8 Å². The van der Waals surface area contributed by atoms with Crippen molar-refractivity contribution in [2.75, 3.05) is 39.2 Å². The molecular formula is C24H31N7O4S2. The molecule has 2 aromatic heterocycles. The zero-order valence-electron chi connectivity index (χ0n) is 20.9. The number of anilines is 1. The normalized spacial score (nSPS) is 14.2. The van der Waals surface area contributed by atoms with Gasteiger partial charge in [0.25, 0.3) is 0 Å². The highest BCUT2D eigenvalue weighted by Crippen LogP contribution is 2.37. The topological polar surface area (TPSA) is 142 Å². The lowest BCUT2D eigenvalue weighted by atomic mass is 10.2. The number of allylic oxidation sites excluding steroid dienone is 2. The van der Waals surface area contributed by atoms with Gasteiger partial charge >= 0.3 is 0 Å². The lowest BCUT2D eigenvalue weighted by molar-refractivity contribution is 0.356. The molecule has 0 saturated heterocycles. The molecule has 0 radical (unpaired) electrons. The van der Waals surface area contributed by atoms with Crippen molar-refractivity contribution in [1.29, 1.82) is 0 Å². The zero-order chi connectivity index (χ0) is 26.4. The van der Waals surface area contributed by atoms with Crippen LogP contribution in [0.2, 0.25) is 0 Å². The van der Waals surface area contributed by atoms with Gasteiger partial charge in [-0.1, -0.05) is 12.2 Å². The maximum atomic E-state index is 12.1. The Bertz CT molecular complexity index is 1450. The van der Waals surface area contributed by atoms with Gasteiger partial charge < -0.3 is 30.4 Å². The van der Waals surface area contributed by atoms with Crippen molar-refractivity contribution in [1.82, 2.24) is 30.3 Å². The first-order valence-corrected chi connectivity index (χ1v) is 13.8. The molecule has 0 unspecified atom stereocenters. The Morgan fingerprint density at radius 1 is 1.16 bits per heavy atom.